The molecule has 19 heavy (non-hydrogen) atoms. The van der Waals surface area contributed by atoms with Gasteiger partial charge in [0.15, 0.2) is 0 Å². The fourth-order valence-corrected chi connectivity index (χ4v) is 1.64. The molecule has 0 saturated carbocycles. The molecule has 0 unspecified atom stereocenters. The van der Waals surface area contributed by atoms with Crippen molar-refractivity contribution in [3.8, 4) is 5.75 Å². The molecule has 5 nitrogen and oxygen atoms in total. The van der Waals surface area contributed by atoms with E-state index in [1.807, 2.05) is 0 Å². The van der Waals surface area contributed by atoms with Gasteiger partial charge < -0.3 is 10.5 Å². The van der Waals surface area contributed by atoms with Crippen LogP contribution in [0.15, 0.2) is 24.3 Å². The minimum Gasteiger partial charge on any atom is -0.494 e. The number of nitro benzene ring substituents is 1. The summed E-state index contributed by atoms with van der Waals surface area (Å²) in [6, 6.07) is 6.24. The fourth-order valence-electron chi connectivity index (χ4n) is 1.45. The van der Waals surface area contributed by atoms with Gasteiger partial charge in [-0.2, -0.15) is 12.6 Å². The van der Waals surface area contributed by atoms with Gasteiger partial charge in [0.25, 0.3) is 5.69 Å². The molecular weight excluding hydrogens is 288 g/mol. The van der Waals surface area contributed by atoms with E-state index in [1.165, 1.54) is 12.1 Å². The van der Waals surface area contributed by atoms with Gasteiger partial charge in [-0.05, 0) is 31.4 Å². The van der Waals surface area contributed by atoms with Gasteiger partial charge in [-0.3, -0.25) is 10.1 Å². The van der Waals surface area contributed by atoms with Crippen LogP contribution in [0.25, 0.3) is 0 Å². The van der Waals surface area contributed by atoms with Crippen LogP contribution in [0.1, 0.15) is 19.3 Å². The summed E-state index contributed by atoms with van der Waals surface area (Å²) in [7, 11) is 0. The van der Waals surface area contributed by atoms with Gasteiger partial charge in [-0.15, -0.1) is 12.4 Å². The Labute approximate surface area is 124 Å². The number of ether oxygens (including phenoxy) is 1. The number of unbranched alkanes of at least 4 members (excludes halogenated alkanes) is 1. The Kier molecular flexibility index (Phi) is 9.38. The van der Waals surface area contributed by atoms with Crippen LogP contribution in [0.4, 0.5) is 5.69 Å². The summed E-state index contributed by atoms with van der Waals surface area (Å²) >= 11 is 4.11. The number of rotatable bonds is 8. The average Bonchev–Trinajstić information content (AvgIpc) is 2.38. The Hall–Kier alpha value is -0.980. The summed E-state index contributed by atoms with van der Waals surface area (Å²) in [5, 5.41) is 10.5. The SMILES string of the molecule is Cl.N[C@H](CS)CCCCOc1ccc([N+](=O)[O-])cc1. The molecule has 1 aromatic carbocycles. The van der Waals surface area contributed by atoms with Crippen LogP contribution in [-0.2, 0) is 0 Å². The van der Waals surface area contributed by atoms with E-state index in [0.29, 0.717) is 18.1 Å². The van der Waals surface area contributed by atoms with Gasteiger partial charge in [0.05, 0.1) is 11.5 Å². The first-order chi connectivity index (χ1) is 8.63. The van der Waals surface area contributed by atoms with Crippen molar-refractivity contribution in [1.29, 1.82) is 0 Å². The van der Waals surface area contributed by atoms with Crippen molar-refractivity contribution < 1.29 is 9.66 Å². The largest absolute Gasteiger partial charge is 0.494 e. The van der Waals surface area contributed by atoms with Gasteiger partial charge >= 0.3 is 0 Å². The van der Waals surface area contributed by atoms with Crippen molar-refractivity contribution >= 4 is 30.7 Å². The smallest absolute Gasteiger partial charge is 0.269 e. The maximum absolute atomic E-state index is 10.5. The third kappa shape index (κ3) is 7.25. The molecule has 0 amide bonds. The van der Waals surface area contributed by atoms with E-state index in [0.717, 1.165) is 19.3 Å². The molecule has 7 heteroatoms. The summed E-state index contributed by atoms with van der Waals surface area (Å²) in [4.78, 5) is 10.0. The van der Waals surface area contributed by atoms with E-state index in [4.69, 9.17) is 10.5 Å². The monoisotopic (exact) mass is 306 g/mol. The zero-order chi connectivity index (χ0) is 13.4. The van der Waals surface area contributed by atoms with Crippen LogP contribution >= 0.6 is 25.0 Å². The molecule has 1 atom stereocenters. The van der Waals surface area contributed by atoms with Crippen LogP contribution in [0.5, 0.6) is 5.75 Å². The summed E-state index contributed by atoms with van der Waals surface area (Å²) in [6.45, 7) is 0.594. The van der Waals surface area contributed by atoms with Crippen LogP contribution in [-0.4, -0.2) is 23.3 Å². The second-order valence-electron chi connectivity index (χ2n) is 4.04. The maximum Gasteiger partial charge on any atom is 0.269 e. The van der Waals surface area contributed by atoms with E-state index in [2.05, 4.69) is 12.6 Å². The molecule has 1 rings (SSSR count). The standard InChI is InChI=1S/C12H18N2O3S.ClH/c13-10(9-18)3-1-2-8-17-12-6-4-11(5-7-12)14(15)16;/h4-7,10,18H,1-3,8-9,13H2;1H/t10-;/m0./s1. The number of hydrogen-bond donors (Lipinski definition) is 2. The normalized spacial score (nSPS) is 11.5. The second-order valence-corrected chi connectivity index (χ2v) is 4.40. The van der Waals surface area contributed by atoms with Crippen molar-refractivity contribution in [2.45, 2.75) is 25.3 Å². The van der Waals surface area contributed by atoms with E-state index >= 15 is 0 Å². The first-order valence-electron chi connectivity index (χ1n) is 5.87. The van der Waals surface area contributed by atoms with Crippen LogP contribution in [0, 0.1) is 10.1 Å². The molecule has 1 aromatic rings. The molecule has 0 aliphatic rings. The number of benzene rings is 1. The highest BCUT2D eigenvalue weighted by atomic mass is 35.5. The molecule has 0 saturated heterocycles. The predicted octanol–water partition coefficient (Wildman–Crippen LogP) is 2.82. The second kappa shape index (κ2) is 9.89. The lowest BCUT2D eigenvalue weighted by atomic mass is 10.1. The Bertz CT molecular complexity index is 376. The molecule has 0 aromatic heterocycles. The molecule has 0 heterocycles. The number of nitrogens with zero attached hydrogens (tertiary/aromatic N) is 1. The van der Waals surface area contributed by atoms with Gasteiger partial charge in [0.2, 0.25) is 0 Å². The summed E-state index contributed by atoms with van der Waals surface area (Å²) in [6.07, 6.45) is 2.85. The lowest BCUT2D eigenvalue weighted by molar-refractivity contribution is -0.384. The zero-order valence-electron chi connectivity index (χ0n) is 10.5. The Morgan fingerprint density at radius 1 is 1.32 bits per heavy atom. The Morgan fingerprint density at radius 2 is 1.95 bits per heavy atom. The minimum atomic E-state index is -0.428. The molecule has 0 spiro atoms. The zero-order valence-corrected chi connectivity index (χ0v) is 12.2. The molecule has 108 valence electrons. The number of hydrogen-bond acceptors (Lipinski definition) is 5. The van der Waals surface area contributed by atoms with Crippen molar-refractivity contribution in [3.63, 3.8) is 0 Å². The van der Waals surface area contributed by atoms with Crippen molar-refractivity contribution in [2.24, 2.45) is 5.73 Å². The number of halogens is 1. The van der Waals surface area contributed by atoms with E-state index in [1.54, 1.807) is 12.1 Å². The summed E-state index contributed by atoms with van der Waals surface area (Å²) in [5.41, 5.74) is 5.80. The number of non-ortho nitro benzene ring substituents is 1. The number of thiol groups is 1. The molecule has 0 radical (unpaired) electrons. The molecule has 0 aliphatic heterocycles. The molecule has 0 bridgehead atoms. The van der Waals surface area contributed by atoms with E-state index in [-0.39, 0.29) is 24.1 Å². The summed E-state index contributed by atoms with van der Waals surface area (Å²) < 4.78 is 5.47. The Morgan fingerprint density at radius 3 is 2.47 bits per heavy atom. The topological polar surface area (TPSA) is 78.4 Å². The number of nitro groups is 1. The van der Waals surface area contributed by atoms with Crippen molar-refractivity contribution in [3.05, 3.63) is 34.4 Å². The van der Waals surface area contributed by atoms with Gasteiger partial charge in [-0.25, -0.2) is 0 Å². The molecular formula is C12H19ClN2O3S. The van der Waals surface area contributed by atoms with E-state index in [9.17, 15) is 10.1 Å². The Balaban J connectivity index is 0.00000324. The summed E-state index contributed by atoms with van der Waals surface area (Å²) in [5.74, 6) is 1.35. The predicted molar refractivity (Wildman–Crippen MR) is 81.5 cm³/mol. The van der Waals surface area contributed by atoms with Crippen LogP contribution < -0.4 is 10.5 Å². The average molecular weight is 307 g/mol. The van der Waals surface area contributed by atoms with Gasteiger partial charge in [0.1, 0.15) is 5.75 Å². The lowest BCUT2D eigenvalue weighted by Crippen LogP contribution is -2.21. The third-order valence-corrected chi connectivity index (χ3v) is 2.99. The minimum absolute atomic E-state index is 0. The first-order valence-corrected chi connectivity index (χ1v) is 6.50. The number of nitrogens with two attached hydrogens (primary N) is 1. The highest BCUT2D eigenvalue weighted by Crippen LogP contribution is 2.17. The highest BCUT2D eigenvalue weighted by molar-refractivity contribution is 7.80. The first kappa shape index (κ1) is 18.0. The molecule has 2 N–H and O–H groups in total. The lowest BCUT2D eigenvalue weighted by Gasteiger charge is -2.08. The molecule has 0 aliphatic carbocycles. The fraction of sp³-hybridized carbons (Fsp3) is 0.500. The van der Waals surface area contributed by atoms with E-state index < -0.39 is 4.92 Å². The van der Waals surface area contributed by atoms with Gasteiger partial charge in [-0.1, -0.05) is 0 Å². The van der Waals surface area contributed by atoms with Crippen molar-refractivity contribution in [2.75, 3.05) is 12.4 Å². The van der Waals surface area contributed by atoms with Crippen LogP contribution in [0.2, 0.25) is 0 Å². The highest BCUT2D eigenvalue weighted by Gasteiger charge is 2.04. The maximum atomic E-state index is 10.5. The van der Waals surface area contributed by atoms with Gasteiger partial charge in [0, 0.05) is 23.9 Å². The third-order valence-electron chi connectivity index (χ3n) is 2.52. The van der Waals surface area contributed by atoms with Crippen LogP contribution in [0.3, 0.4) is 0 Å². The molecule has 0 fully saturated rings. The van der Waals surface area contributed by atoms with Crippen molar-refractivity contribution in [1.82, 2.24) is 0 Å². The quantitative estimate of drug-likeness (QED) is 0.335.